The van der Waals surface area contributed by atoms with Gasteiger partial charge in [-0.1, -0.05) is 26.0 Å². The summed E-state index contributed by atoms with van der Waals surface area (Å²) in [5.74, 6) is 1.48. The summed E-state index contributed by atoms with van der Waals surface area (Å²) in [7, 11) is 0. The van der Waals surface area contributed by atoms with E-state index in [9.17, 15) is 4.79 Å². The molecular formula is C16H24N4O. The number of amides is 1. The van der Waals surface area contributed by atoms with Gasteiger partial charge in [0.05, 0.1) is 11.0 Å². The number of rotatable bonds is 7. The third-order valence-electron chi connectivity index (χ3n) is 3.21. The van der Waals surface area contributed by atoms with Crippen LogP contribution in [0, 0.1) is 5.92 Å². The Labute approximate surface area is 125 Å². The fourth-order valence-electron chi connectivity index (χ4n) is 2.31. The van der Waals surface area contributed by atoms with Crippen LogP contribution in [0.2, 0.25) is 0 Å². The molecule has 0 spiro atoms. The van der Waals surface area contributed by atoms with Crippen LogP contribution in [-0.4, -0.2) is 28.5 Å². The van der Waals surface area contributed by atoms with Crippen LogP contribution in [0.15, 0.2) is 24.3 Å². The lowest BCUT2D eigenvalue weighted by molar-refractivity contribution is -0.118. The largest absolute Gasteiger partial charge is 0.356 e. The summed E-state index contributed by atoms with van der Waals surface area (Å²) in [5.41, 5.74) is 2.18. The molecule has 1 aromatic heterocycles. The smallest absolute Gasteiger partial charge is 0.216 e. The third kappa shape index (κ3) is 4.21. The number of nitrogens with one attached hydrogen (secondary N) is 2. The molecule has 1 heterocycles. The predicted octanol–water partition coefficient (Wildman–Crippen LogP) is 2.63. The number of hydrogen-bond donors (Lipinski definition) is 2. The van der Waals surface area contributed by atoms with Crippen LogP contribution in [0.5, 0.6) is 0 Å². The monoisotopic (exact) mass is 288 g/mol. The third-order valence-corrected chi connectivity index (χ3v) is 3.21. The van der Waals surface area contributed by atoms with Crippen LogP contribution < -0.4 is 10.6 Å². The normalized spacial score (nSPS) is 11.0. The minimum atomic E-state index is 0.0158. The average Bonchev–Trinajstić information content (AvgIpc) is 2.76. The Morgan fingerprint density at radius 3 is 2.76 bits per heavy atom. The number of para-hydroxylation sites is 2. The zero-order chi connectivity index (χ0) is 15.2. The van der Waals surface area contributed by atoms with Crippen LogP contribution >= 0.6 is 0 Å². The molecule has 0 aliphatic rings. The molecule has 0 saturated carbocycles. The molecule has 0 saturated heterocycles. The molecule has 0 fully saturated rings. The number of benzene rings is 1. The molecule has 0 aliphatic heterocycles. The van der Waals surface area contributed by atoms with Crippen LogP contribution in [0.1, 0.15) is 27.2 Å². The number of carbonyl (C=O) groups excluding carboxylic acids is 1. The lowest BCUT2D eigenvalue weighted by atomic mass is 10.2. The predicted molar refractivity (Wildman–Crippen MR) is 86.4 cm³/mol. The molecule has 2 rings (SSSR count). The second kappa shape index (κ2) is 7.11. The summed E-state index contributed by atoms with van der Waals surface area (Å²) in [6.07, 6.45) is 0.879. The number of nitrogens with zero attached hydrogens (tertiary/aromatic N) is 2. The maximum atomic E-state index is 10.8. The maximum Gasteiger partial charge on any atom is 0.216 e. The van der Waals surface area contributed by atoms with Gasteiger partial charge in [-0.05, 0) is 24.5 Å². The number of fused-ring (bicyclic) bond motifs is 1. The maximum absolute atomic E-state index is 10.8. The van der Waals surface area contributed by atoms with E-state index in [1.54, 1.807) is 0 Å². The summed E-state index contributed by atoms with van der Waals surface area (Å²) in [4.78, 5) is 15.5. The number of anilines is 1. The van der Waals surface area contributed by atoms with Crippen molar-refractivity contribution in [1.82, 2.24) is 14.9 Å². The van der Waals surface area contributed by atoms with Crippen molar-refractivity contribution < 1.29 is 4.79 Å². The van der Waals surface area contributed by atoms with Gasteiger partial charge < -0.3 is 15.2 Å². The first-order valence-electron chi connectivity index (χ1n) is 7.51. The van der Waals surface area contributed by atoms with E-state index in [1.807, 2.05) is 18.2 Å². The highest BCUT2D eigenvalue weighted by atomic mass is 16.1. The van der Waals surface area contributed by atoms with Gasteiger partial charge in [0.2, 0.25) is 11.9 Å². The van der Waals surface area contributed by atoms with Crippen molar-refractivity contribution in [3.63, 3.8) is 0 Å². The van der Waals surface area contributed by atoms with Crippen molar-refractivity contribution in [2.75, 3.05) is 18.4 Å². The molecule has 5 heteroatoms. The topological polar surface area (TPSA) is 59.0 Å². The average molecular weight is 288 g/mol. The SMILES string of the molecule is CC(=O)NCCCNc1nc2ccccc2n1CC(C)C. The van der Waals surface area contributed by atoms with Crippen LogP contribution in [0.25, 0.3) is 11.0 Å². The summed E-state index contributed by atoms with van der Waals surface area (Å²) in [6, 6.07) is 8.19. The van der Waals surface area contributed by atoms with Crippen molar-refractivity contribution in [3.8, 4) is 0 Å². The fourth-order valence-corrected chi connectivity index (χ4v) is 2.31. The Balaban J connectivity index is 2.05. The Bertz CT molecular complexity index is 603. The highest BCUT2D eigenvalue weighted by Crippen LogP contribution is 2.20. The standard InChI is InChI=1S/C16H24N4O/c1-12(2)11-20-15-8-5-4-7-14(15)19-16(20)18-10-6-9-17-13(3)21/h4-5,7-8,12H,6,9-11H2,1-3H3,(H,17,21)(H,18,19). The van der Waals surface area contributed by atoms with Crippen LogP contribution in [0.4, 0.5) is 5.95 Å². The summed E-state index contributed by atoms with van der Waals surface area (Å²) in [5, 5.41) is 6.18. The Morgan fingerprint density at radius 1 is 1.29 bits per heavy atom. The van der Waals surface area contributed by atoms with Crippen molar-refractivity contribution in [2.45, 2.75) is 33.7 Å². The van der Waals surface area contributed by atoms with Crippen molar-refractivity contribution >= 4 is 22.9 Å². The van der Waals surface area contributed by atoms with Gasteiger partial charge in [0, 0.05) is 26.6 Å². The highest BCUT2D eigenvalue weighted by molar-refractivity contribution is 5.78. The molecule has 0 unspecified atom stereocenters. The van der Waals surface area contributed by atoms with E-state index in [-0.39, 0.29) is 5.91 Å². The first-order chi connectivity index (χ1) is 10.1. The van der Waals surface area contributed by atoms with Gasteiger partial charge in [0.1, 0.15) is 0 Å². The summed E-state index contributed by atoms with van der Waals surface area (Å²) in [6.45, 7) is 8.36. The lowest BCUT2D eigenvalue weighted by Gasteiger charge is -2.13. The second-order valence-corrected chi connectivity index (χ2v) is 5.69. The molecule has 1 aromatic carbocycles. The van der Waals surface area contributed by atoms with Gasteiger partial charge in [-0.15, -0.1) is 0 Å². The van der Waals surface area contributed by atoms with E-state index < -0.39 is 0 Å². The molecule has 1 amide bonds. The molecule has 0 atom stereocenters. The molecular weight excluding hydrogens is 264 g/mol. The number of carbonyl (C=O) groups is 1. The molecule has 5 nitrogen and oxygen atoms in total. The molecule has 114 valence electrons. The molecule has 2 aromatic rings. The lowest BCUT2D eigenvalue weighted by Crippen LogP contribution is -2.23. The van der Waals surface area contributed by atoms with Crippen LogP contribution in [-0.2, 0) is 11.3 Å². The summed E-state index contributed by atoms with van der Waals surface area (Å²) >= 11 is 0. The fraction of sp³-hybridized carbons (Fsp3) is 0.500. The van der Waals surface area contributed by atoms with E-state index in [2.05, 4.69) is 40.1 Å². The Morgan fingerprint density at radius 2 is 2.05 bits per heavy atom. The molecule has 21 heavy (non-hydrogen) atoms. The quantitative estimate of drug-likeness (QED) is 0.770. The van der Waals surface area contributed by atoms with E-state index >= 15 is 0 Å². The highest BCUT2D eigenvalue weighted by Gasteiger charge is 2.10. The van der Waals surface area contributed by atoms with Gasteiger partial charge >= 0.3 is 0 Å². The van der Waals surface area contributed by atoms with Crippen molar-refractivity contribution in [2.24, 2.45) is 5.92 Å². The number of hydrogen-bond acceptors (Lipinski definition) is 3. The van der Waals surface area contributed by atoms with Crippen LogP contribution in [0.3, 0.4) is 0 Å². The molecule has 0 radical (unpaired) electrons. The minimum Gasteiger partial charge on any atom is -0.356 e. The zero-order valence-electron chi connectivity index (χ0n) is 13.0. The summed E-state index contributed by atoms with van der Waals surface area (Å²) < 4.78 is 2.23. The Hall–Kier alpha value is -2.04. The molecule has 0 bridgehead atoms. The first-order valence-corrected chi connectivity index (χ1v) is 7.51. The van der Waals surface area contributed by atoms with Crippen molar-refractivity contribution in [1.29, 1.82) is 0 Å². The Kier molecular flexibility index (Phi) is 5.20. The van der Waals surface area contributed by atoms with E-state index in [0.29, 0.717) is 12.5 Å². The minimum absolute atomic E-state index is 0.0158. The van der Waals surface area contributed by atoms with Gasteiger partial charge in [-0.25, -0.2) is 4.98 Å². The number of imidazole rings is 1. The van der Waals surface area contributed by atoms with Gasteiger partial charge in [0.15, 0.2) is 0 Å². The van der Waals surface area contributed by atoms with Gasteiger partial charge in [-0.3, -0.25) is 4.79 Å². The number of aromatic nitrogens is 2. The molecule has 0 aliphatic carbocycles. The second-order valence-electron chi connectivity index (χ2n) is 5.69. The van der Waals surface area contributed by atoms with Crippen molar-refractivity contribution in [3.05, 3.63) is 24.3 Å². The van der Waals surface area contributed by atoms with E-state index in [1.165, 1.54) is 6.92 Å². The van der Waals surface area contributed by atoms with E-state index in [4.69, 9.17) is 0 Å². The first kappa shape index (κ1) is 15.4. The van der Waals surface area contributed by atoms with Gasteiger partial charge in [0.25, 0.3) is 0 Å². The zero-order valence-corrected chi connectivity index (χ0v) is 13.0. The van der Waals surface area contributed by atoms with E-state index in [0.717, 1.165) is 36.5 Å². The van der Waals surface area contributed by atoms with Gasteiger partial charge in [-0.2, -0.15) is 0 Å². The molecule has 2 N–H and O–H groups in total.